The Morgan fingerprint density at radius 2 is 2.22 bits per heavy atom. The van der Waals surface area contributed by atoms with Gasteiger partial charge in [-0.3, -0.25) is 0 Å². The Hall–Kier alpha value is -0.900. The first-order valence-electron chi connectivity index (χ1n) is 6.78. The van der Waals surface area contributed by atoms with Crippen LogP contribution in [0.25, 0.3) is 0 Å². The van der Waals surface area contributed by atoms with Gasteiger partial charge in [0.2, 0.25) is 0 Å². The molecule has 2 unspecified atom stereocenters. The number of ether oxygens (including phenoxy) is 1. The largest absolute Gasteiger partial charge is 0.395 e. The molecule has 1 aliphatic carbocycles. The fraction of sp³-hybridized carbons (Fsp3) is 0.600. The van der Waals surface area contributed by atoms with Crippen molar-refractivity contribution in [3.8, 4) is 0 Å². The van der Waals surface area contributed by atoms with E-state index in [9.17, 15) is 5.11 Å². The van der Waals surface area contributed by atoms with E-state index in [1.807, 2.05) is 0 Å². The van der Waals surface area contributed by atoms with Crippen molar-refractivity contribution in [1.82, 2.24) is 5.32 Å². The SMILES string of the molecule is COCC(CO)NC1CCCCc2ccccc21. The van der Waals surface area contributed by atoms with Gasteiger partial charge in [-0.25, -0.2) is 0 Å². The summed E-state index contributed by atoms with van der Waals surface area (Å²) < 4.78 is 5.13. The molecule has 2 rings (SSSR count). The molecule has 3 heteroatoms. The number of rotatable bonds is 5. The Balaban J connectivity index is 2.12. The second-order valence-corrected chi connectivity index (χ2v) is 5.00. The lowest BCUT2D eigenvalue weighted by Gasteiger charge is -2.24. The van der Waals surface area contributed by atoms with E-state index in [0.717, 1.165) is 6.42 Å². The number of fused-ring (bicyclic) bond motifs is 1. The normalized spacial score (nSPS) is 21.1. The number of benzene rings is 1. The number of aliphatic hydroxyl groups excluding tert-OH is 1. The molecule has 0 saturated carbocycles. The first-order valence-corrected chi connectivity index (χ1v) is 6.78. The van der Waals surface area contributed by atoms with Crippen LogP contribution in [-0.2, 0) is 11.2 Å². The van der Waals surface area contributed by atoms with Crippen LogP contribution in [0, 0.1) is 0 Å². The first-order chi connectivity index (χ1) is 8.85. The van der Waals surface area contributed by atoms with Gasteiger partial charge in [0.25, 0.3) is 0 Å². The van der Waals surface area contributed by atoms with Gasteiger partial charge in [0.05, 0.1) is 19.3 Å². The Bertz CT molecular complexity index is 367. The molecular weight excluding hydrogens is 226 g/mol. The van der Waals surface area contributed by atoms with Gasteiger partial charge < -0.3 is 15.2 Å². The van der Waals surface area contributed by atoms with Gasteiger partial charge in [-0.05, 0) is 30.4 Å². The molecule has 0 spiro atoms. The summed E-state index contributed by atoms with van der Waals surface area (Å²) >= 11 is 0. The monoisotopic (exact) mass is 249 g/mol. The van der Waals surface area contributed by atoms with E-state index in [1.165, 1.54) is 30.4 Å². The molecule has 1 aromatic rings. The molecule has 100 valence electrons. The van der Waals surface area contributed by atoms with Crippen molar-refractivity contribution >= 4 is 0 Å². The van der Waals surface area contributed by atoms with Gasteiger partial charge in [-0.2, -0.15) is 0 Å². The predicted octanol–water partition coefficient (Wildman–Crippen LogP) is 2.05. The van der Waals surface area contributed by atoms with Gasteiger partial charge in [-0.15, -0.1) is 0 Å². The average molecular weight is 249 g/mol. The summed E-state index contributed by atoms with van der Waals surface area (Å²) in [5.41, 5.74) is 2.84. The molecule has 0 radical (unpaired) electrons. The highest BCUT2D eigenvalue weighted by Gasteiger charge is 2.20. The van der Waals surface area contributed by atoms with Crippen molar-refractivity contribution in [2.45, 2.75) is 37.8 Å². The smallest absolute Gasteiger partial charge is 0.0638 e. The van der Waals surface area contributed by atoms with Crippen molar-refractivity contribution in [3.63, 3.8) is 0 Å². The number of aryl methyl sites for hydroxylation is 1. The van der Waals surface area contributed by atoms with Crippen LogP contribution in [0.15, 0.2) is 24.3 Å². The van der Waals surface area contributed by atoms with E-state index >= 15 is 0 Å². The average Bonchev–Trinajstić information content (AvgIpc) is 2.61. The summed E-state index contributed by atoms with van der Waals surface area (Å²) in [5.74, 6) is 0. The van der Waals surface area contributed by atoms with E-state index in [4.69, 9.17) is 4.74 Å². The zero-order valence-corrected chi connectivity index (χ0v) is 11.1. The Morgan fingerprint density at radius 3 is 3.00 bits per heavy atom. The fourth-order valence-electron chi connectivity index (χ4n) is 2.73. The van der Waals surface area contributed by atoms with Crippen LogP contribution in [0.5, 0.6) is 0 Å². The summed E-state index contributed by atoms with van der Waals surface area (Å²) in [5, 5.41) is 12.9. The molecule has 2 N–H and O–H groups in total. The summed E-state index contributed by atoms with van der Waals surface area (Å²) in [6, 6.07) is 9.00. The van der Waals surface area contributed by atoms with Gasteiger partial charge in [0.15, 0.2) is 0 Å². The number of hydrogen-bond donors (Lipinski definition) is 2. The Kier molecular flexibility index (Phi) is 5.17. The van der Waals surface area contributed by atoms with Crippen molar-refractivity contribution in [3.05, 3.63) is 35.4 Å². The van der Waals surface area contributed by atoms with Crippen molar-refractivity contribution < 1.29 is 9.84 Å². The minimum atomic E-state index is 0.0196. The van der Waals surface area contributed by atoms with E-state index in [2.05, 4.69) is 29.6 Å². The molecule has 0 saturated heterocycles. The molecule has 2 atom stereocenters. The molecule has 0 bridgehead atoms. The minimum Gasteiger partial charge on any atom is -0.395 e. The standard InChI is InChI=1S/C15H23NO2/c1-18-11-13(10-17)16-15-9-5-3-7-12-6-2-4-8-14(12)15/h2,4,6,8,13,15-17H,3,5,7,9-11H2,1H3. The molecule has 18 heavy (non-hydrogen) atoms. The molecule has 0 amide bonds. The third-order valence-electron chi connectivity index (χ3n) is 3.64. The maximum Gasteiger partial charge on any atom is 0.0638 e. The molecule has 0 aromatic heterocycles. The number of hydrogen-bond acceptors (Lipinski definition) is 3. The summed E-state index contributed by atoms with van der Waals surface area (Å²) in [6.45, 7) is 0.668. The van der Waals surface area contributed by atoms with Gasteiger partial charge in [0.1, 0.15) is 0 Å². The quantitative estimate of drug-likeness (QED) is 0.785. The zero-order chi connectivity index (χ0) is 12.8. The van der Waals surface area contributed by atoms with Crippen LogP contribution in [0.4, 0.5) is 0 Å². The third kappa shape index (κ3) is 3.31. The molecule has 1 aliphatic rings. The highest BCUT2D eigenvalue weighted by atomic mass is 16.5. The summed E-state index contributed by atoms with van der Waals surface area (Å²) in [7, 11) is 1.67. The van der Waals surface area contributed by atoms with Gasteiger partial charge in [0, 0.05) is 13.2 Å². The van der Waals surface area contributed by atoms with Crippen LogP contribution < -0.4 is 5.32 Å². The van der Waals surface area contributed by atoms with Crippen LogP contribution in [0.3, 0.4) is 0 Å². The van der Waals surface area contributed by atoms with Crippen molar-refractivity contribution in [1.29, 1.82) is 0 Å². The van der Waals surface area contributed by atoms with E-state index in [0.29, 0.717) is 12.6 Å². The molecule has 0 fully saturated rings. The highest BCUT2D eigenvalue weighted by Crippen LogP contribution is 2.28. The van der Waals surface area contributed by atoms with Crippen LogP contribution in [0.1, 0.15) is 36.4 Å². The fourth-order valence-corrected chi connectivity index (χ4v) is 2.73. The van der Waals surface area contributed by atoms with Crippen LogP contribution in [-0.4, -0.2) is 31.5 Å². The van der Waals surface area contributed by atoms with Gasteiger partial charge >= 0.3 is 0 Å². The molecule has 3 nitrogen and oxygen atoms in total. The second kappa shape index (κ2) is 6.88. The van der Waals surface area contributed by atoms with E-state index in [1.54, 1.807) is 7.11 Å². The number of aliphatic hydroxyl groups is 1. The third-order valence-corrected chi connectivity index (χ3v) is 3.64. The second-order valence-electron chi connectivity index (χ2n) is 5.00. The topological polar surface area (TPSA) is 41.5 Å². The zero-order valence-electron chi connectivity index (χ0n) is 11.1. The predicted molar refractivity (Wildman–Crippen MR) is 72.6 cm³/mol. The lowest BCUT2D eigenvalue weighted by atomic mass is 9.98. The van der Waals surface area contributed by atoms with Gasteiger partial charge in [-0.1, -0.05) is 30.7 Å². The van der Waals surface area contributed by atoms with E-state index < -0.39 is 0 Å². The van der Waals surface area contributed by atoms with Crippen LogP contribution >= 0.6 is 0 Å². The van der Waals surface area contributed by atoms with Crippen molar-refractivity contribution in [2.24, 2.45) is 0 Å². The molecule has 0 heterocycles. The van der Waals surface area contributed by atoms with Crippen molar-refractivity contribution in [2.75, 3.05) is 20.3 Å². The van der Waals surface area contributed by atoms with Crippen LogP contribution in [0.2, 0.25) is 0 Å². The lowest BCUT2D eigenvalue weighted by Crippen LogP contribution is -2.39. The molecular formula is C15H23NO2. The maximum atomic E-state index is 9.36. The summed E-state index contributed by atoms with van der Waals surface area (Å²) in [6.07, 6.45) is 4.79. The number of nitrogens with one attached hydrogen (secondary N) is 1. The van der Waals surface area contributed by atoms with E-state index in [-0.39, 0.29) is 12.6 Å². The minimum absolute atomic E-state index is 0.0196. The number of methoxy groups -OCH3 is 1. The highest BCUT2D eigenvalue weighted by molar-refractivity contribution is 5.31. The Morgan fingerprint density at radius 1 is 1.39 bits per heavy atom. The maximum absolute atomic E-state index is 9.36. The molecule has 0 aliphatic heterocycles. The molecule has 1 aromatic carbocycles. The Labute approximate surface area is 109 Å². The first kappa shape index (κ1) is 13.5. The lowest BCUT2D eigenvalue weighted by molar-refractivity contribution is 0.121. The summed E-state index contributed by atoms with van der Waals surface area (Å²) in [4.78, 5) is 0.